The zero-order chi connectivity index (χ0) is 8.04. The number of thioether (sulfide) groups is 1. The molecule has 0 fully saturated rings. The normalized spacial score (nSPS) is 12.0. The molecule has 0 saturated carbocycles. The number of rotatable bonds is 4. The SMILES string of the molecule is NCCCCSC(F)(F)F. The Labute approximate surface area is 62.2 Å². The highest BCUT2D eigenvalue weighted by molar-refractivity contribution is 8.00. The van der Waals surface area contributed by atoms with Gasteiger partial charge in [0, 0.05) is 5.75 Å². The molecule has 5 heteroatoms. The maximum Gasteiger partial charge on any atom is 0.441 e. The van der Waals surface area contributed by atoms with E-state index in [1.165, 1.54) is 0 Å². The van der Waals surface area contributed by atoms with E-state index in [4.69, 9.17) is 5.73 Å². The first-order valence-corrected chi connectivity index (χ1v) is 3.95. The molecule has 2 N–H and O–H groups in total. The van der Waals surface area contributed by atoms with E-state index in [0.29, 0.717) is 19.4 Å². The third-order valence-electron chi connectivity index (χ3n) is 0.864. The molecule has 0 amide bonds. The molecule has 0 aliphatic carbocycles. The van der Waals surface area contributed by atoms with Crippen molar-refractivity contribution in [2.45, 2.75) is 18.3 Å². The third kappa shape index (κ3) is 8.10. The van der Waals surface area contributed by atoms with Crippen LogP contribution < -0.4 is 5.73 Å². The van der Waals surface area contributed by atoms with Gasteiger partial charge in [0.2, 0.25) is 0 Å². The van der Waals surface area contributed by atoms with Crippen LogP contribution in [0.15, 0.2) is 0 Å². The highest BCUT2D eigenvalue weighted by Crippen LogP contribution is 2.30. The van der Waals surface area contributed by atoms with Crippen molar-refractivity contribution in [3.63, 3.8) is 0 Å². The van der Waals surface area contributed by atoms with Gasteiger partial charge in [-0.1, -0.05) is 11.8 Å². The van der Waals surface area contributed by atoms with Crippen LogP contribution in [0, 0.1) is 0 Å². The third-order valence-corrected chi connectivity index (χ3v) is 1.68. The second kappa shape index (κ2) is 4.85. The molecular formula is C5H10F3NS. The summed E-state index contributed by atoms with van der Waals surface area (Å²) in [6, 6.07) is 0. The summed E-state index contributed by atoms with van der Waals surface area (Å²) in [6.45, 7) is 0.471. The predicted octanol–water partition coefficient (Wildman–Crippen LogP) is 1.98. The summed E-state index contributed by atoms with van der Waals surface area (Å²) in [7, 11) is 0. The van der Waals surface area contributed by atoms with Crippen molar-refractivity contribution in [1.82, 2.24) is 0 Å². The van der Waals surface area contributed by atoms with Crippen LogP contribution in [-0.2, 0) is 0 Å². The second-order valence-electron chi connectivity index (χ2n) is 1.79. The average molecular weight is 173 g/mol. The lowest BCUT2D eigenvalue weighted by Crippen LogP contribution is -2.03. The number of alkyl halides is 3. The van der Waals surface area contributed by atoms with Crippen molar-refractivity contribution in [3.8, 4) is 0 Å². The summed E-state index contributed by atoms with van der Waals surface area (Å²) in [6.07, 6.45) is 1.21. The minimum Gasteiger partial charge on any atom is -0.330 e. The van der Waals surface area contributed by atoms with Gasteiger partial charge in [0.05, 0.1) is 0 Å². The Kier molecular flexibility index (Phi) is 4.89. The lowest BCUT2D eigenvalue weighted by molar-refractivity contribution is -0.0327. The largest absolute Gasteiger partial charge is 0.441 e. The van der Waals surface area contributed by atoms with Gasteiger partial charge in [0.25, 0.3) is 0 Å². The summed E-state index contributed by atoms with van der Waals surface area (Å²) in [5.41, 5.74) is 1.01. The molecule has 0 bridgehead atoms. The molecular weight excluding hydrogens is 163 g/mol. The van der Waals surface area contributed by atoms with Crippen LogP contribution in [-0.4, -0.2) is 17.8 Å². The Balaban J connectivity index is 3.04. The van der Waals surface area contributed by atoms with E-state index in [1.807, 2.05) is 0 Å². The van der Waals surface area contributed by atoms with Crippen molar-refractivity contribution in [3.05, 3.63) is 0 Å². The van der Waals surface area contributed by atoms with Crippen LogP contribution in [0.25, 0.3) is 0 Å². The van der Waals surface area contributed by atoms with E-state index in [-0.39, 0.29) is 17.5 Å². The maximum absolute atomic E-state index is 11.4. The van der Waals surface area contributed by atoms with Gasteiger partial charge in [0.1, 0.15) is 0 Å². The van der Waals surface area contributed by atoms with Gasteiger partial charge in [-0.05, 0) is 19.4 Å². The summed E-state index contributed by atoms with van der Waals surface area (Å²) in [4.78, 5) is 0. The number of nitrogens with two attached hydrogens (primary N) is 1. The highest BCUT2D eigenvalue weighted by atomic mass is 32.2. The van der Waals surface area contributed by atoms with E-state index in [1.54, 1.807) is 0 Å². The lowest BCUT2D eigenvalue weighted by Gasteiger charge is -2.03. The van der Waals surface area contributed by atoms with Gasteiger partial charge in [-0.15, -0.1) is 0 Å². The summed E-state index contributed by atoms with van der Waals surface area (Å²) >= 11 is 0.0180. The van der Waals surface area contributed by atoms with Crippen molar-refractivity contribution >= 4 is 11.8 Å². The average Bonchev–Trinajstić information content (AvgIpc) is 1.78. The van der Waals surface area contributed by atoms with Crippen molar-refractivity contribution in [2.24, 2.45) is 5.73 Å². The Morgan fingerprint density at radius 1 is 1.20 bits per heavy atom. The molecule has 0 aliphatic heterocycles. The van der Waals surface area contributed by atoms with Crippen molar-refractivity contribution in [2.75, 3.05) is 12.3 Å². The topological polar surface area (TPSA) is 26.0 Å². The Hall–Kier alpha value is 0.100. The maximum atomic E-state index is 11.4. The van der Waals surface area contributed by atoms with Gasteiger partial charge in [-0.25, -0.2) is 0 Å². The number of unbranched alkanes of at least 4 members (excludes halogenated alkanes) is 1. The first-order chi connectivity index (χ1) is 4.56. The number of hydrogen-bond donors (Lipinski definition) is 1. The smallest absolute Gasteiger partial charge is 0.330 e. The molecule has 10 heavy (non-hydrogen) atoms. The van der Waals surface area contributed by atoms with E-state index in [0.717, 1.165) is 0 Å². The van der Waals surface area contributed by atoms with Crippen LogP contribution >= 0.6 is 11.8 Å². The minimum atomic E-state index is -4.07. The summed E-state index contributed by atoms with van der Waals surface area (Å²) in [5, 5.41) is 0. The molecule has 0 aliphatic rings. The molecule has 62 valence electrons. The van der Waals surface area contributed by atoms with Gasteiger partial charge in [-0.2, -0.15) is 13.2 Å². The van der Waals surface area contributed by atoms with Gasteiger partial charge < -0.3 is 5.73 Å². The zero-order valence-electron chi connectivity index (χ0n) is 5.45. The summed E-state index contributed by atoms with van der Waals surface area (Å²) < 4.78 is 34.2. The molecule has 0 aromatic rings. The van der Waals surface area contributed by atoms with Crippen LogP contribution in [0.5, 0.6) is 0 Å². The Bertz CT molecular complexity index is 83.5. The molecule has 0 aromatic carbocycles. The molecule has 0 atom stereocenters. The summed E-state index contributed by atoms with van der Waals surface area (Å²) in [5.74, 6) is 0.126. The molecule has 0 heterocycles. The fourth-order valence-electron chi connectivity index (χ4n) is 0.434. The Morgan fingerprint density at radius 2 is 1.80 bits per heavy atom. The fourth-order valence-corrected chi connectivity index (χ4v) is 1.01. The van der Waals surface area contributed by atoms with Gasteiger partial charge in [-0.3, -0.25) is 0 Å². The van der Waals surface area contributed by atoms with Crippen LogP contribution in [0.1, 0.15) is 12.8 Å². The van der Waals surface area contributed by atoms with Crippen molar-refractivity contribution < 1.29 is 13.2 Å². The van der Waals surface area contributed by atoms with E-state index < -0.39 is 5.51 Å². The monoisotopic (exact) mass is 173 g/mol. The quantitative estimate of drug-likeness (QED) is 0.658. The minimum absolute atomic E-state index is 0.0180. The molecule has 0 radical (unpaired) electrons. The standard InChI is InChI=1S/C5H10F3NS/c6-5(7,8)10-4-2-1-3-9/h1-4,9H2. The molecule has 0 spiro atoms. The first-order valence-electron chi connectivity index (χ1n) is 2.97. The van der Waals surface area contributed by atoms with Crippen LogP contribution in [0.4, 0.5) is 13.2 Å². The highest BCUT2D eigenvalue weighted by Gasteiger charge is 2.26. The molecule has 0 saturated heterocycles. The zero-order valence-corrected chi connectivity index (χ0v) is 6.26. The van der Waals surface area contributed by atoms with E-state index in [2.05, 4.69) is 0 Å². The number of hydrogen-bond acceptors (Lipinski definition) is 2. The fraction of sp³-hybridized carbons (Fsp3) is 1.00. The Morgan fingerprint density at radius 3 is 2.20 bits per heavy atom. The number of halogens is 3. The molecule has 0 unspecified atom stereocenters. The predicted molar refractivity (Wildman–Crippen MR) is 36.8 cm³/mol. The molecule has 0 rings (SSSR count). The van der Waals surface area contributed by atoms with E-state index in [9.17, 15) is 13.2 Å². The lowest BCUT2D eigenvalue weighted by atomic mass is 10.3. The van der Waals surface area contributed by atoms with Crippen molar-refractivity contribution in [1.29, 1.82) is 0 Å². The first kappa shape index (κ1) is 10.1. The van der Waals surface area contributed by atoms with Crippen LogP contribution in [0.2, 0.25) is 0 Å². The van der Waals surface area contributed by atoms with Gasteiger partial charge in [0.15, 0.2) is 0 Å². The second-order valence-corrected chi connectivity index (χ2v) is 2.95. The van der Waals surface area contributed by atoms with Gasteiger partial charge >= 0.3 is 5.51 Å². The molecule has 0 aromatic heterocycles. The van der Waals surface area contributed by atoms with E-state index >= 15 is 0 Å². The molecule has 1 nitrogen and oxygen atoms in total. The van der Waals surface area contributed by atoms with Crippen LogP contribution in [0.3, 0.4) is 0 Å².